The summed E-state index contributed by atoms with van der Waals surface area (Å²) in [6, 6.07) is 3.96. The van der Waals surface area contributed by atoms with E-state index in [-0.39, 0.29) is 12.2 Å². The highest BCUT2D eigenvalue weighted by molar-refractivity contribution is 5.89. The number of carbonyl (C=O) groups excluding carboxylic acids is 3. The predicted octanol–water partition coefficient (Wildman–Crippen LogP) is 1.09. The van der Waals surface area contributed by atoms with Crippen LogP contribution in [-0.2, 0) is 25.5 Å². The molecule has 0 unspecified atom stereocenters. The molecular formula is C18H20N2O6. The Bertz CT molecular complexity index is 843. The third kappa shape index (κ3) is 3.79. The maximum atomic E-state index is 12.3. The number of primary amides is 1. The van der Waals surface area contributed by atoms with E-state index in [9.17, 15) is 19.5 Å². The molecule has 0 saturated carbocycles. The highest BCUT2D eigenvalue weighted by Gasteiger charge is 2.31. The number of aromatic hydroxyl groups is 1. The SMILES string of the molecule is NC(=O)[C@H]1CCCCN1C(=O)COC(=O)Cc1coc2cc(O)ccc12. The summed E-state index contributed by atoms with van der Waals surface area (Å²) in [6.45, 7) is -0.000955. The van der Waals surface area contributed by atoms with Crippen LogP contribution in [0.3, 0.4) is 0 Å². The molecule has 3 N–H and O–H groups in total. The van der Waals surface area contributed by atoms with E-state index in [2.05, 4.69) is 0 Å². The number of rotatable bonds is 5. The van der Waals surface area contributed by atoms with Crippen molar-refractivity contribution in [1.82, 2.24) is 4.90 Å². The number of likely N-dealkylation sites (tertiary alicyclic amines) is 1. The molecule has 26 heavy (non-hydrogen) atoms. The zero-order valence-electron chi connectivity index (χ0n) is 14.1. The lowest BCUT2D eigenvalue weighted by atomic mass is 10.0. The number of ether oxygens (including phenoxy) is 1. The Labute approximate surface area is 149 Å². The first-order chi connectivity index (χ1) is 12.5. The van der Waals surface area contributed by atoms with Crippen LogP contribution < -0.4 is 5.73 Å². The second kappa shape index (κ2) is 7.47. The van der Waals surface area contributed by atoms with Crippen molar-refractivity contribution in [2.75, 3.05) is 13.2 Å². The minimum atomic E-state index is -0.638. The average molecular weight is 360 g/mol. The molecule has 2 amide bonds. The fraction of sp³-hybridized carbons (Fsp3) is 0.389. The number of phenols is 1. The Morgan fingerprint density at radius 2 is 2.12 bits per heavy atom. The van der Waals surface area contributed by atoms with Crippen LogP contribution in [0.1, 0.15) is 24.8 Å². The number of phenolic OH excluding ortho intramolecular Hbond substituents is 1. The molecule has 1 fully saturated rings. The first-order valence-corrected chi connectivity index (χ1v) is 8.39. The van der Waals surface area contributed by atoms with Crippen LogP contribution >= 0.6 is 0 Å². The maximum absolute atomic E-state index is 12.3. The molecular weight excluding hydrogens is 340 g/mol. The van der Waals surface area contributed by atoms with Gasteiger partial charge in [0.15, 0.2) is 6.61 Å². The van der Waals surface area contributed by atoms with E-state index < -0.39 is 30.4 Å². The summed E-state index contributed by atoms with van der Waals surface area (Å²) in [5, 5.41) is 10.1. The van der Waals surface area contributed by atoms with E-state index >= 15 is 0 Å². The number of nitrogens with zero attached hydrogens (tertiary/aromatic N) is 1. The number of hydrogen-bond acceptors (Lipinski definition) is 6. The number of carbonyl (C=O) groups is 3. The van der Waals surface area contributed by atoms with Crippen molar-refractivity contribution in [3.8, 4) is 5.75 Å². The minimum absolute atomic E-state index is 0.0652. The molecule has 3 rings (SSSR count). The van der Waals surface area contributed by atoms with E-state index in [1.54, 1.807) is 6.07 Å². The van der Waals surface area contributed by atoms with Gasteiger partial charge in [0.25, 0.3) is 5.91 Å². The van der Waals surface area contributed by atoms with E-state index in [1.807, 2.05) is 0 Å². The van der Waals surface area contributed by atoms with Gasteiger partial charge in [0, 0.05) is 23.6 Å². The first-order valence-electron chi connectivity index (χ1n) is 8.39. The fourth-order valence-electron chi connectivity index (χ4n) is 3.17. The van der Waals surface area contributed by atoms with Crippen LogP contribution in [0.15, 0.2) is 28.9 Å². The molecule has 1 aromatic carbocycles. The predicted molar refractivity (Wildman–Crippen MR) is 91.1 cm³/mol. The van der Waals surface area contributed by atoms with Gasteiger partial charge in [-0.05, 0) is 31.4 Å². The Kier molecular flexibility index (Phi) is 5.11. The van der Waals surface area contributed by atoms with Crippen molar-refractivity contribution in [2.24, 2.45) is 5.73 Å². The Hall–Kier alpha value is -3.03. The molecule has 0 aliphatic carbocycles. The molecule has 8 nitrogen and oxygen atoms in total. The summed E-state index contributed by atoms with van der Waals surface area (Å²) in [4.78, 5) is 37.2. The highest BCUT2D eigenvalue weighted by atomic mass is 16.5. The summed E-state index contributed by atoms with van der Waals surface area (Å²) in [6.07, 6.45) is 3.51. The van der Waals surface area contributed by atoms with Crippen LogP contribution in [0.25, 0.3) is 11.0 Å². The van der Waals surface area contributed by atoms with Crippen molar-refractivity contribution in [3.05, 3.63) is 30.0 Å². The van der Waals surface area contributed by atoms with Gasteiger partial charge in [-0.25, -0.2) is 0 Å². The van der Waals surface area contributed by atoms with Crippen molar-refractivity contribution in [2.45, 2.75) is 31.7 Å². The standard InChI is InChI=1S/C18H20N2O6/c19-18(24)14-3-1-2-6-20(14)16(22)10-26-17(23)7-11-9-25-15-8-12(21)4-5-13(11)15/h4-5,8-9,14,21H,1-3,6-7,10H2,(H2,19,24)/t14-/m1/s1. The number of esters is 1. The van der Waals surface area contributed by atoms with Gasteiger partial charge in [-0.2, -0.15) is 0 Å². The van der Waals surface area contributed by atoms with Gasteiger partial charge >= 0.3 is 5.97 Å². The molecule has 1 atom stereocenters. The Morgan fingerprint density at radius 1 is 1.31 bits per heavy atom. The normalized spacial score (nSPS) is 17.2. The lowest BCUT2D eigenvalue weighted by Crippen LogP contribution is -2.51. The lowest BCUT2D eigenvalue weighted by Gasteiger charge is -2.33. The van der Waals surface area contributed by atoms with Gasteiger partial charge in [0.2, 0.25) is 5.91 Å². The quantitative estimate of drug-likeness (QED) is 0.770. The smallest absolute Gasteiger partial charge is 0.310 e. The van der Waals surface area contributed by atoms with E-state index in [0.29, 0.717) is 29.5 Å². The number of fused-ring (bicyclic) bond motifs is 1. The van der Waals surface area contributed by atoms with Crippen LogP contribution in [0.4, 0.5) is 0 Å². The third-order valence-corrected chi connectivity index (χ3v) is 4.48. The molecule has 1 aliphatic rings. The Morgan fingerprint density at radius 3 is 2.88 bits per heavy atom. The molecule has 138 valence electrons. The molecule has 1 aromatic heterocycles. The molecule has 0 bridgehead atoms. The third-order valence-electron chi connectivity index (χ3n) is 4.48. The number of hydrogen-bond donors (Lipinski definition) is 2. The van der Waals surface area contributed by atoms with Crippen molar-refractivity contribution in [1.29, 1.82) is 0 Å². The van der Waals surface area contributed by atoms with Crippen molar-refractivity contribution in [3.63, 3.8) is 0 Å². The van der Waals surface area contributed by atoms with Crippen molar-refractivity contribution >= 4 is 28.8 Å². The van der Waals surface area contributed by atoms with Gasteiger partial charge < -0.3 is 24.9 Å². The lowest BCUT2D eigenvalue weighted by molar-refractivity contribution is -0.154. The molecule has 2 aromatic rings. The number of piperidine rings is 1. The van der Waals surface area contributed by atoms with Crippen LogP contribution in [0.2, 0.25) is 0 Å². The number of nitrogens with two attached hydrogens (primary N) is 1. The van der Waals surface area contributed by atoms with Crippen LogP contribution in [0.5, 0.6) is 5.75 Å². The summed E-state index contributed by atoms with van der Waals surface area (Å²) >= 11 is 0. The second-order valence-electron chi connectivity index (χ2n) is 6.28. The van der Waals surface area contributed by atoms with Gasteiger partial charge in [-0.1, -0.05) is 0 Å². The van der Waals surface area contributed by atoms with Crippen LogP contribution in [0, 0.1) is 0 Å². The maximum Gasteiger partial charge on any atom is 0.310 e. The Balaban J connectivity index is 1.58. The summed E-state index contributed by atoms with van der Waals surface area (Å²) in [7, 11) is 0. The van der Waals surface area contributed by atoms with Gasteiger partial charge in [-0.15, -0.1) is 0 Å². The summed E-state index contributed by atoms with van der Waals surface area (Å²) < 4.78 is 10.4. The van der Waals surface area contributed by atoms with Gasteiger partial charge in [-0.3, -0.25) is 14.4 Å². The zero-order valence-corrected chi connectivity index (χ0v) is 14.1. The summed E-state index contributed by atoms with van der Waals surface area (Å²) in [5.74, 6) is -1.49. The number of benzene rings is 1. The van der Waals surface area contributed by atoms with E-state index in [1.165, 1.54) is 23.3 Å². The minimum Gasteiger partial charge on any atom is -0.508 e. The molecule has 1 saturated heterocycles. The average Bonchev–Trinajstić information content (AvgIpc) is 3.01. The summed E-state index contributed by atoms with van der Waals surface area (Å²) in [5.41, 5.74) is 6.40. The molecule has 0 radical (unpaired) electrons. The molecule has 1 aliphatic heterocycles. The first kappa shape index (κ1) is 17.8. The molecule has 2 heterocycles. The van der Waals surface area contributed by atoms with E-state index in [0.717, 1.165) is 12.8 Å². The fourth-order valence-corrected chi connectivity index (χ4v) is 3.17. The zero-order chi connectivity index (χ0) is 18.7. The monoisotopic (exact) mass is 360 g/mol. The topological polar surface area (TPSA) is 123 Å². The highest BCUT2D eigenvalue weighted by Crippen LogP contribution is 2.25. The molecule has 8 heteroatoms. The molecule has 0 spiro atoms. The number of amides is 2. The van der Waals surface area contributed by atoms with E-state index in [4.69, 9.17) is 14.9 Å². The second-order valence-corrected chi connectivity index (χ2v) is 6.28. The van der Waals surface area contributed by atoms with Gasteiger partial charge in [0.1, 0.15) is 17.4 Å². The number of furan rings is 1. The van der Waals surface area contributed by atoms with Gasteiger partial charge in [0.05, 0.1) is 12.7 Å². The largest absolute Gasteiger partial charge is 0.508 e. The van der Waals surface area contributed by atoms with Crippen LogP contribution in [-0.4, -0.2) is 47.0 Å². The van der Waals surface area contributed by atoms with Crippen molar-refractivity contribution < 1.29 is 28.6 Å².